The van der Waals surface area contributed by atoms with Crippen molar-refractivity contribution in [3.05, 3.63) is 35.7 Å². The first-order valence-electron chi connectivity index (χ1n) is 7.20. The second kappa shape index (κ2) is 4.55. The molecule has 4 rings (SSSR count). The highest BCUT2D eigenvalue weighted by molar-refractivity contribution is 5.56. The molecule has 0 radical (unpaired) electrons. The summed E-state index contributed by atoms with van der Waals surface area (Å²) in [6.45, 7) is 1.93. The SMILES string of the molecule is FC(F)(F)c1cccc(-c2noc(C3CC34CCNC4)n2)c1. The van der Waals surface area contributed by atoms with Gasteiger partial charge in [-0.25, -0.2) is 0 Å². The molecule has 2 aliphatic rings. The maximum atomic E-state index is 12.8. The van der Waals surface area contributed by atoms with Crippen LogP contribution in [0.2, 0.25) is 0 Å². The highest BCUT2D eigenvalue weighted by atomic mass is 19.4. The Kier molecular flexibility index (Phi) is 2.84. The molecular weight excluding hydrogens is 295 g/mol. The molecule has 22 heavy (non-hydrogen) atoms. The average Bonchev–Trinajstić information content (AvgIpc) is 2.86. The van der Waals surface area contributed by atoms with Gasteiger partial charge in [-0.15, -0.1) is 0 Å². The van der Waals surface area contributed by atoms with E-state index in [0.29, 0.717) is 11.5 Å². The molecule has 1 aliphatic carbocycles. The lowest BCUT2D eigenvalue weighted by Crippen LogP contribution is -2.10. The van der Waals surface area contributed by atoms with Crippen molar-refractivity contribution in [2.75, 3.05) is 13.1 Å². The van der Waals surface area contributed by atoms with E-state index in [0.717, 1.165) is 38.1 Å². The maximum Gasteiger partial charge on any atom is 0.416 e. The van der Waals surface area contributed by atoms with Crippen molar-refractivity contribution >= 4 is 0 Å². The van der Waals surface area contributed by atoms with Gasteiger partial charge in [0.05, 0.1) is 5.56 Å². The number of aromatic nitrogens is 2. The van der Waals surface area contributed by atoms with Crippen LogP contribution in [0.25, 0.3) is 11.4 Å². The Morgan fingerprint density at radius 1 is 1.32 bits per heavy atom. The van der Waals surface area contributed by atoms with E-state index in [2.05, 4.69) is 15.5 Å². The quantitative estimate of drug-likeness (QED) is 0.925. The van der Waals surface area contributed by atoms with E-state index in [1.807, 2.05) is 0 Å². The molecule has 0 bridgehead atoms. The molecule has 2 atom stereocenters. The Morgan fingerprint density at radius 3 is 2.91 bits per heavy atom. The van der Waals surface area contributed by atoms with E-state index >= 15 is 0 Å². The van der Waals surface area contributed by atoms with Gasteiger partial charge in [-0.05, 0) is 36.9 Å². The largest absolute Gasteiger partial charge is 0.416 e. The van der Waals surface area contributed by atoms with E-state index in [9.17, 15) is 13.2 Å². The van der Waals surface area contributed by atoms with Crippen LogP contribution in [0.5, 0.6) is 0 Å². The van der Waals surface area contributed by atoms with Gasteiger partial charge in [0.15, 0.2) is 0 Å². The molecule has 1 saturated heterocycles. The third-order valence-electron chi connectivity index (χ3n) is 4.65. The molecule has 1 aliphatic heterocycles. The van der Waals surface area contributed by atoms with Gasteiger partial charge in [0.25, 0.3) is 0 Å². The molecule has 4 nitrogen and oxygen atoms in total. The van der Waals surface area contributed by atoms with Crippen LogP contribution in [0.4, 0.5) is 13.2 Å². The summed E-state index contributed by atoms with van der Waals surface area (Å²) < 4.78 is 43.6. The molecule has 1 aromatic carbocycles. The van der Waals surface area contributed by atoms with E-state index in [1.165, 1.54) is 6.07 Å². The summed E-state index contributed by atoms with van der Waals surface area (Å²) in [6, 6.07) is 5.00. The van der Waals surface area contributed by atoms with Gasteiger partial charge in [-0.1, -0.05) is 17.3 Å². The fourth-order valence-electron chi connectivity index (χ4n) is 3.26. The molecule has 2 heterocycles. The van der Waals surface area contributed by atoms with Crippen LogP contribution in [0.1, 0.15) is 30.2 Å². The molecule has 0 amide bonds. The number of nitrogens with one attached hydrogen (secondary N) is 1. The molecule has 7 heteroatoms. The lowest BCUT2D eigenvalue weighted by Gasteiger charge is -2.06. The van der Waals surface area contributed by atoms with E-state index in [1.54, 1.807) is 6.07 Å². The summed E-state index contributed by atoms with van der Waals surface area (Å²) in [7, 11) is 0. The number of rotatable bonds is 2. The van der Waals surface area contributed by atoms with Crippen molar-refractivity contribution in [1.29, 1.82) is 0 Å². The fraction of sp³-hybridized carbons (Fsp3) is 0.467. The van der Waals surface area contributed by atoms with Gasteiger partial charge in [0, 0.05) is 18.0 Å². The number of benzene rings is 1. The van der Waals surface area contributed by atoms with Crippen LogP contribution in [-0.4, -0.2) is 23.2 Å². The Hall–Kier alpha value is -1.89. The second-order valence-electron chi connectivity index (χ2n) is 6.08. The molecule has 1 saturated carbocycles. The number of hydrogen-bond donors (Lipinski definition) is 1. The van der Waals surface area contributed by atoms with Crippen molar-refractivity contribution in [3.63, 3.8) is 0 Å². The number of hydrogen-bond acceptors (Lipinski definition) is 4. The molecular formula is C15H14F3N3O. The van der Waals surface area contributed by atoms with Crippen molar-refractivity contribution in [2.24, 2.45) is 5.41 Å². The van der Waals surface area contributed by atoms with Crippen molar-refractivity contribution in [2.45, 2.75) is 24.9 Å². The summed E-state index contributed by atoms with van der Waals surface area (Å²) in [5, 5.41) is 7.17. The third kappa shape index (κ3) is 2.20. The monoisotopic (exact) mass is 309 g/mol. The topological polar surface area (TPSA) is 51.0 Å². The lowest BCUT2D eigenvalue weighted by atomic mass is 10.0. The molecule has 1 N–H and O–H groups in total. The molecule has 1 aromatic heterocycles. The first-order valence-corrected chi connectivity index (χ1v) is 7.20. The second-order valence-corrected chi connectivity index (χ2v) is 6.08. The lowest BCUT2D eigenvalue weighted by molar-refractivity contribution is -0.137. The summed E-state index contributed by atoms with van der Waals surface area (Å²) in [5.74, 6) is 0.986. The zero-order valence-corrected chi connectivity index (χ0v) is 11.7. The first-order chi connectivity index (χ1) is 10.5. The zero-order valence-electron chi connectivity index (χ0n) is 11.7. The number of nitrogens with zero attached hydrogens (tertiary/aromatic N) is 2. The van der Waals surface area contributed by atoms with Crippen molar-refractivity contribution in [3.8, 4) is 11.4 Å². The summed E-state index contributed by atoms with van der Waals surface area (Å²) in [6.07, 6.45) is -2.29. The highest BCUT2D eigenvalue weighted by Gasteiger charge is 2.58. The Balaban J connectivity index is 1.60. The molecule has 116 valence electrons. The summed E-state index contributed by atoms with van der Waals surface area (Å²) >= 11 is 0. The first kappa shape index (κ1) is 13.8. The number of alkyl halides is 3. The minimum atomic E-state index is -4.38. The van der Waals surface area contributed by atoms with Crippen LogP contribution in [0.15, 0.2) is 28.8 Å². The molecule has 1 spiro atoms. The third-order valence-corrected chi connectivity index (χ3v) is 4.65. The fourth-order valence-corrected chi connectivity index (χ4v) is 3.26. The Labute approximate surface area is 124 Å². The van der Waals surface area contributed by atoms with Gasteiger partial charge in [0.1, 0.15) is 0 Å². The minimum absolute atomic E-state index is 0.217. The van der Waals surface area contributed by atoms with Crippen LogP contribution in [-0.2, 0) is 6.18 Å². The van der Waals surface area contributed by atoms with Gasteiger partial charge >= 0.3 is 6.18 Å². The summed E-state index contributed by atoms with van der Waals surface area (Å²) in [5.41, 5.74) is -0.166. The van der Waals surface area contributed by atoms with Gasteiger partial charge in [0.2, 0.25) is 11.7 Å². The Morgan fingerprint density at radius 2 is 2.18 bits per heavy atom. The highest BCUT2D eigenvalue weighted by Crippen LogP contribution is 2.62. The predicted octanol–water partition coefficient (Wildman–Crippen LogP) is 3.22. The van der Waals surface area contributed by atoms with Crippen molar-refractivity contribution < 1.29 is 17.7 Å². The van der Waals surface area contributed by atoms with Gasteiger partial charge in [-0.2, -0.15) is 18.2 Å². The van der Waals surface area contributed by atoms with Crippen LogP contribution < -0.4 is 5.32 Å². The van der Waals surface area contributed by atoms with Gasteiger partial charge < -0.3 is 9.84 Å². The summed E-state index contributed by atoms with van der Waals surface area (Å²) in [4.78, 5) is 4.31. The minimum Gasteiger partial charge on any atom is -0.339 e. The maximum absolute atomic E-state index is 12.8. The Bertz CT molecular complexity index is 704. The van der Waals surface area contributed by atoms with E-state index in [4.69, 9.17) is 4.52 Å². The van der Waals surface area contributed by atoms with Crippen LogP contribution in [0, 0.1) is 5.41 Å². The molecule has 2 aromatic rings. The van der Waals surface area contributed by atoms with Crippen molar-refractivity contribution in [1.82, 2.24) is 15.5 Å². The number of halogens is 3. The zero-order chi connectivity index (χ0) is 15.4. The predicted molar refractivity (Wildman–Crippen MR) is 72.0 cm³/mol. The van der Waals surface area contributed by atoms with Crippen LogP contribution >= 0.6 is 0 Å². The normalized spacial score (nSPS) is 27.5. The molecule has 2 fully saturated rings. The molecule has 2 unspecified atom stereocenters. The van der Waals surface area contributed by atoms with E-state index < -0.39 is 11.7 Å². The van der Waals surface area contributed by atoms with E-state index in [-0.39, 0.29) is 17.2 Å². The average molecular weight is 309 g/mol. The van der Waals surface area contributed by atoms with Gasteiger partial charge in [-0.3, -0.25) is 0 Å². The van der Waals surface area contributed by atoms with Crippen LogP contribution in [0.3, 0.4) is 0 Å². The standard InChI is InChI=1S/C15H14F3N3O/c16-15(17,18)10-3-1-2-9(6-10)12-20-13(22-21-12)11-7-14(11)4-5-19-8-14/h1-3,6,11,19H,4-5,7-8H2. The smallest absolute Gasteiger partial charge is 0.339 e.